The number of aliphatic carboxylic acids is 1. The van der Waals surface area contributed by atoms with Crippen LogP contribution in [0.2, 0.25) is 0 Å². The molecule has 0 bridgehead atoms. The number of aliphatic imine (C=N–C) groups is 1. The second kappa shape index (κ2) is 7.53. The van der Waals surface area contributed by atoms with Gasteiger partial charge in [0.05, 0.1) is 18.5 Å². The molecule has 0 spiro atoms. The molecule has 0 amide bonds. The van der Waals surface area contributed by atoms with Gasteiger partial charge < -0.3 is 20.2 Å². The van der Waals surface area contributed by atoms with Crippen LogP contribution in [0.5, 0.6) is 5.75 Å². The quantitative estimate of drug-likeness (QED) is 0.609. The van der Waals surface area contributed by atoms with Crippen LogP contribution in [0.3, 0.4) is 0 Å². The number of hydrogen-bond acceptors (Lipinski definition) is 8. The summed E-state index contributed by atoms with van der Waals surface area (Å²) in [6.45, 7) is 4.01. The van der Waals surface area contributed by atoms with E-state index in [1.807, 2.05) is 0 Å². The Morgan fingerprint density at radius 3 is 2.65 bits per heavy atom. The number of hydrogen-bond donors (Lipinski definition) is 3. The standard InChI is InChI=1S/C17H20N4O4S/c1-2-17(16(24)25)11-26-15(19-17)14-13(23)9-12(10-18-14)21-5-3-20(4-6-21)7-8-22/h1,9-10,22-23H,3-8,11H2,(H,24,25). The van der Waals surface area contributed by atoms with Gasteiger partial charge in [-0.05, 0) is 0 Å². The molecule has 3 rings (SSSR count). The van der Waals surface area contributed by atoms with E-state index in [0.717, 1.165) is 31.9 Å². The summed E-state index contributed by atoms with van der Waals surface area (Å²) in [7, 11) is 0. The number of rotatable bonds is 5. The smallest absolute Gasteiger partial charge is 0.345 e. The summed E-state index contributed by atoms with van der Waals surface area (Å²) in [5.74, 6) is 1.11. The van der Waals surface area contributed by atoms with Gasteiger partial charge >= 0.3 is 5.97 Å². The number of anilines is 1. The number of carboxylic acids is 1. The lowest BCUT2D eigenvalue weighted by atomic mass is 10.1. The van der Waals surface area contributed by atoms with Crippen molar-refractivity contribution in [2.45, 2.75) is 5.54 Å². The first-order valence-corrected chi connectivity index (χ1v) is 9.19. The molecule has 2 aliphatic heterocycles. The molecule has 9 heteroatoms. The zero-order valence-electron chi connectivity index (χ0n) is 14.1. The van der Waals surface area contributed by atoms with Crippen LogP contribution in [0, 0.1) is 12.3 Å². The highest BCUT2D eigenvalue weighted by Crippen LogP contribution is 2.34. The normalized spacial score (nSPS) is 23.5. The molecule has 1 saturated heterocycles. The number of aromatic nitrogens is 1. The van der Waals surface area contributed by atoms with Gasteiger partial charge in [0.2, 0.25) is 5.54 Å². The molecule has 3 heterocycles. The number of aliphatic hydroxyl groups is 1. The molecule has 138 valence electrons. The Hall–Kier alpha value is -2.28. The number of aromatic hydroxyl groups is 1. The first-order chi connectivity index (χ1) is 12.5. The van der Waals surface area contributed by atoms with E-state index in [-0.39, 0.29) is 23.8 Å². The third-order valence-corrected chi connectivity index (χ3v) is 5.63. The third kappa shape index (κ3) is 3.49. The average molecular weight is 376 g/mol. The van der Waals surface area contributed by atoms with E-state index in [2.05, 4.69) is 25.7 Å². The minimum atomic E-state index is -1.60. The molecular weight excluding hydrogens is 356 g/mol. The monoisotopic (exact) mass is 376 g/mol. The first-order valence-electron chi connectivity index (χ1n) is 8.20. The Balaban J connectivity index is 1.76. The Bertz CT molecular complexity index is 771. The van der Waals surface area contributed by atoms with Gasteiger partial charge in [-0.1, -0.05) is 5.92 Å². The molecule has 0 aliphatic carbocycles. The fourth-order valence-electron chi connectivity index (χ4n) is 2.93. The highest BCUT2D eigenvalue weighted by molar-refractivity contribution is 8.14. The molecule has 0 radical (unpaired) electrons. The van der Waals surface area contributed by atoms with Crippen LogP contribution in [0.1, 0.15) is 5.69 Å². The van der Waals surface area contributed by atoms with Crippen molar-refractivity contribution in [3.8, 4) is 18.1 Å². The summed E-state index contributed by atoms with van der Waals surface area (Å²) >= 11 is 1.18. The van der Waals surface area contributed by atoms with Crippen LogP contribution in [0.4, 0.5) is 5.69 Å². The highest BCUT2D eigenvalue weighted by Gasteiger charge is 2.42. The second-order valence-corrected chi connectivity index (χ2v) is 7.09. The maximum absolute atomic E-state index is 11.4. The number of β-amino-alcohol motifs (C(OH)–C–C–N with tert-alkyl or cyclic N) is 1. The van der Waals surface area contributed by atoms with E-state index in [4.69, 9.17) is 11.5 Å². The number of aliphatic hydroxyl groups excluding tert-OH is 1. The van der Waals surface area contributed by atoms with E-state index in [9.17, 15) is 15.0 Å². The molecule has 0 aromatic carbocycles. The minimum absolute atomic E-state index is 0.0512. The van der Waals surface area contributed by atoms with Gasteiger partial charge in [0.1, 0.15) is 16.5 Å². The number of piperazine rings is 1. The fraction of sp³-hybridized carbons (Fsp3) is 0.471. The van der Waals surface area contributed by atoms with E-state index < -0.39 is 11.5 Å². The number of nitrogens with zero attached hydrogens (tertiary/aromatic N) is 4. The van der Waals surface area contributed by atoms with Crippen molar-refractivity contribution >= 4 is 28.5 Å². The van der Waals surface area contributed by atoms with Gasteiger partial charge in [0.25, 0.3) is 0 Å². The third-order valence-electron chi connectivity index (χ3n) is 4.51. The molecule has 1 aromatic heterocycles. The molecule has 8 nitrogen and oxygen atoms in total. The molecule has 0 saturated carbocycles. The molecule has 26 heavy (non-hydrogen) atoms. The van der Waals surface area contributed by atoms with Crippen molar-refractivity contribution < 1.29 is 20.1 Å². The van der Waals surface area contributed by atoms with Crippen molar-refractivity contribution in [2.24, 2.45) is 4.99 Å². The van der Waals surface area contributed by atoms with Crippen molar-refractivity contribution in [1.29, 1.82) is 0 Å². The van der Waals surface area contributed by atoms with Gasteiger partial charge in [0.15, 0.2) is 0 Å². The van der Waals surface area contributed by atoms with Crippen LogP contribution >= 0.6 is 11.8 Å². The zero-order chi connectivity index (χ0) is 18.7. The van der Waals surface area contributed by atoms with Gasteiger partial charge in [0, 0.05) is 44.5 Å². The van der Waals surface area contributed by atoms with Crippen LogP contribution in [0.15, 0.2) is 17.3 Å². The summed E-state index contributed by atoms with van der Waals surface area (Å²) in [6, 6.07) is 1.61. The summed E-state index contributed by atoms with van der Waals surface area (Å²) in [5.41, 5.74) is -0.563. The SMILES string of the molecule is C#CC1(C(=O)O)CSC(c2ncc(N3CCN(CCO)CC3)cc2O)=N1. The minimum Gasteiger partial charge on any atom is -0.506 e. The van der Waals surface area contributed by atoms with E-state index in [1.165, 1.54) is 11.8 Å². The van der Waals surface area contributed by atoms with Crippen LogP contribution in [-0.4, -0.2) is 86.8 Å². The lowest BCUT2D eigenvalue weighted by molar-refractivity contribution is -0.140. The van der Waals surface area contributed by atoms with Gasteiger partial charge in [-0.15, -0.1) is 18.2 Å². The first kappa shape index (κ1) is 18.5. The summed E-state index contributed by atoms with van der Waals surface area (Å²) in [4.78, 5) is 24.1. The highest BCUT2D eigenvalue weighted by atomic mass is 32.2. The van der Waals surface area contributed by atoms with Crippen molar-refractivity contribution in [3.05, 3.63) is 18.0 Å². The fourth-order valence-corrected chi connectivity index (χ4v) is 4.06. The van der Waals surface area contributed by atoms with Crippen LogP contribution < -0.4 is 4.90 Å². The molecule has 1 unspecified atom stereocenters. The Morgan fingerprint density at radius 2 is 2.12 bits per heavy atom. The number of pyridine rings is 1. The number of carbonyl (C=O) groups is 1. The lowest BCUT2D eigenvalue weighted by Crippen LogP contribution is -2.47. The Kier molecular flexibility index (Phi) is 5.36. The molecule has 1 atom stereocenters. The average Bonchev–Trinajstić information content (AvgIpc) is 3.08. The van der Waals surface area contributed by atoms with E-state index in [0.29, 0.717) is 11.6 Å². The van der Waals surface area contributed by atoms with Gasteiger partial charge in [-0.2, -0.15) is 0 Å². The molecule has 2 aliphatic rings. The van der Waals surface area contributed by atoms with Crippen molar-refractivity contribution in [1.82, 2.24) is 9.88 Å². The van der Waals surface area contributed by atoms with Gasteiger partial charge in [-0.25, -0.2) is 14.8 Å². The Morgan fingerprint density at radius 1 is 1.38 bits per heavy atom. The lowest BCUT2D eigenvalue weighted by Gasteiger charge is -2.35. The zero-order valence-corrected chi connectivity index (χ0v) is 14.9. The Labute approximate surface area is 155 Å². The van der Waals surface area contributed by atoms with E-state index in [1.54, 1.807) is 12.3 Å². The second-order valence-electron chi connectivity index (χ2n) is 6.13. The maximum atomic E-state index is 11.4. The van der Waals surface area contributed by atoms with Crippen LogP contribution in [-0.2, 0) is 4.79 Å². The molecular formula is C17H20N4O4S. The predicted molar refractivity (Wildman–Crippen MR) is 99.8 cm³/mol. The molecule has 1 aromatic rings. The maximum Gasteiger partial charge on any atom is 0.345 e. The number of terminal acetylenes is 1. The predicted octanol–water partition coefficient (Wildman–Crippen LogP) is -0.148. The summed E-state index contributed by atoms with van der Waals surface area (Å²) in [5, 5.41) is 29.0. The largest absolute Gasteiger partial charge is 0.506 e. The number of thioether (sulfide) groups is 1. The van der Waals surface area contributed by atoms with Crippen molar-refractivity contribution in [3.63, 3.8) is 0 Å². The summed E-state index contributed by atoms with van der Waals surface area (Å²) in [6.07, 6.45) is 6.99. The van der Waals surface area contributed by atoms with Crippen LogP contribution in [0.25, 0.3) is 0 Å². The molecule has 3 N–H and O–H groups in total. The van der Waals surface area contributed by atoms with Crippen molar-refractivity contribution in [2.75, 3.05) is 50.0 Å². The summed E-state index contributed by atoms with van der Waals surface area (Å²) < 4.78 is 0. The molecule has 1 fully saturated rings. The topological polar surface area (TPSA) is 109 Å². The van der Waals surface area contributed by atoms with Gasteiger partial charge in [-0.3, -0.25) is 4.90 Å². The van der Waals surface area contributed by atoms with E-state index >= 15 is 0 Å². The number of carboxylic acid groups (broad SMARTS) is 1.